The van der Waals surface area contributed by atoms with Crippen molar-refractivity contribution in [2.45, 2.75) is 78.6 Å². The fraction of sp³-hybridized carbons (Fsp3) is 0.706. The van der Waals surface area contributed by atoms with Gasteiger partial charge < -0.3 is 4.42 Å². The molecule has 0 spiro atoms. The first-order chi connectivity index (χ1) is 9.88. The van der Waals surface area contributed by atoms with Gasteiger partial charge in [-0.25, -0.2) is 4.79 Å². The second-order valence-corrected chi connectivity index (χ2v) is 30.8. The van der Waals surface area contributed by atoms with Crippen LogP contribution in [-0.4, -0.2) is 32.3 Å². The average Bonchev–Trinajstić information content (AvgIpc) is 2.21. The number of hydrogen-bond acceptors (Lipinski definition) is 2. The number of hydrogen-bond donors (Lipinski definition) is 0. The van der Waals surface area contributed by atoms with Crippen molar-refractivity contribution in [2.24, 2.45) is 0 Å². The largest absolute Gasteiger partial charge is 0.434 e. The van der Waals surface area contributed by atoms with Crippen molar-refractivity contribution in [1.29, 1.82) is 0 Å². The van der Waals surface area contributed by atoms with Gasteiger partial charge in [-0.1, -0.05) is 83.8 Å². The topological polar surface area (TPSA) is 30.2 Å². The van der Waals surface area contributed by atoms with Crippen molar-refractivity contribution in [3.63, 3.8) is 0 Å². The Labute approximate surface area is 146 Å². The summed E-state index contributed by atoms with van der Waals surface area (Å²) in [5.74, 6) is 0. The van der Waals surface area contributed by atoms with E-state index < -0.39 is 32.3 Å². The molecule has 1 heterocycles. The van der Waals surface area contributed by atoms with Gasteiger partial charge in [0.05, 0.1) is 29.6 Å². The SMILES string of the molecule is C[Si](C)(C)c1oc(=O)c([Si](C)(C)C)c([Si](C)(C)C)c1[Si](C)(C)C. The molecule has 0 atom stereocenters. The van der Waals surface area contributed by atoms with Crippen LogP contribution in [0.4, 0.5) is 0 Å². The quantitative estimate of drug-likeness (QED) is 0.747. The molecule has 0 N–H and O–H groups in total. The minimum atomic E-state index is -1.76. The fourth-order valence-electron chi connectivity index (χ4n) is 3.21. The Morgan fingerprint density at radius 2 is 0.870 bits per heavy atom. The van der Waals surface area contributed by atoms with Gasteiger partial charge in [-0.2, -0.15) is 0 Å². The van der Waals surface area contributed by atoms with Crippen molar-refractivity contribution >= 4 is 53.2 Å². The van der Waals surface area contributed by atoms with Gasteiger partial charge in [0.15, 0.2) is 0 Å². The van der Waals surface area contributed by atoms with Gasteiger partial charge in [-0.05, 0) is 5.19 Å². The summed E-state index contributed by atoms with van der Waals surface area (Å²) < 4.78 is 6.09. The molecule has 0 aromatic carbocycles. The van der Waals surface area contributed by atoms with Gasteiger partial charge in [0.2, 0.25) is 0 Å². The van der Waals surface area contributed by atoms with Crippen LogP contribution in [0.3, 0.4) is 0 Å². The zero-order chi connectivity index (χ0) is 18.6. The highest BCUT2D eigenvalue weighted by Crippen LogP contribution is 2.10. The second kappa shape index (κ2) is 5.96. The van der Waals surface area contributed by atoms with Crippen molar-refractivity contribution in [2.75, 3.05) is 0 Å². The van der Waals surface area contributed by atoms with Crippen molar-refractivity contribution in [3.8, 4) is 0 Å². The molecule has 132 valence electrons. The third-order valence-electron chi connectivity index (χ3n) is 4.06. The molecule has 0 saturated carbocycles. The monoisotopic (exact) mass is 384 g/mol. The Morgan fingerprint density at radius 1 is 0.522 bits per heavy atom. The van der Waals surface area contributed by atoms with Gasteiger partial charge in [-0.15, -0.1) is 0 Å². The van der Waals surface area contributed by atoms with E-state index in [0.29, 0.717) is 0 Å². The molecule has 0 amide bonds. The number of rotatable bonds is 4. The summed E-state index contributed by atoms with van der Waals surface area (Å²) in [5.41, 5.74) is -0.0268. The molecule has 0 bridgehead atoms. The van der Waals surface area contributed by atoms with E-state index in [9.17, 15) is 4.79 Å². The smallest absolute Gasteiger partial charge is 0.334 e. The first-order valence-electron chi connectivity index (χ1n) is 8.61. The molecular weight excluding hydrogens is 349 g/mol. The van der Waals surface area contributed by atoms with Crippen LogP contribution in [0, 0.1) is 0 Å². The molecule has 6 heteroatoms. The van der Waals surface area contributed by atoms with E-state index in [4.69, 9.17) is 4.42 Å². The van der Waals surface area contributed by atoms with Crippen LogP contribution in [0.5, 0.6) is 0 Å². The lowest BCUT2D eigenvalue weighted by Crippen LogP contribution is -2.76. The molecule has 0 aliphatic heterocycles. The standard InChI is InChI=1S/C17H36O2Si4/c1-20(2,3)13-14(21(4,5)6)16(18)19-17(23(10,11)12)15(13)22(7,8)9/h1-12H3. The Hall–Kier alpha value is -0.182. The van der Waals surface area contributed by atoms with Crippen molar-refractivity contribution in [1.82, 2.24) is 0 Å². The predicted octanol–water partition coefficient (Wildman–Crippen LogP) is 2.82. The molecular formula is C17H36O2Si4. The maximum Gasteiger partial charge on any atom is 0.334 e. The van der Waals surface area contributed by atoms with E-state index in [1.807, 2.05) is 0 Å². The highest BCUT2D eigenvalue weighted by molar-refractivity contribution is 7.06. The maximum atomic E-state index is 13.0. The average molecular weight is 385 g/mol. The fourth-order valence-corrected chi connectivity index (χ4v) is 16.3. The van der Waals surface area contributed by atoms with Crippen LogP contribution < -0.4 is 26.6 Å². The zero-order valence-electron chi connectivity index (χ0n) is 17.3. The summed E-state index contributed by atoms with van der Waals surface area (Å²) in [4.78, 5) is 13.0. The van der Waals surface area contributed by atoms with Crippen molar-refractivity contribution < 1.29 is 4.42 Å². The first kappa shape index (κ1) is 20.9. The summed E-state index contributed by atoms with van der Waals surface area (Å²) in [5, 5.41) is 5.12. The van der Waals surface area contributed by atoms with E-state index in [0.717, 1.165) is 10.6 Å². The summed E-state index contributed by atoms with van der Waals surface area (Å²) >= 11 is 0. The molecule has 0 aliphatic rings. The summed E-state index contributed by atoms with van der Waals surface area (Å²) in [6, 6.07) is 0. The lowest BCUT2D eigenvalue weighted by Gasteiger charge is -2.36. The van der Waals surface area contributed by atoms with Gasteiger partial charge in [0.25, 0.3) is 0 Å². The molecule has 2 nitrogen and oxygen atoms in total. The van der Waals surface area contributed by atoms with Crippen LogP contribution in [0.15, 0.2) is 9.21 Å². The van der Waals surface area contributed by atoms with Crippen LogP contribution in [-0.2, 0) is 0 Å². The van der Waals surface area contributed by atoms with E-state index in [-0.39, 0.29) is 5.63 Å². The van der Waals surface area contributed by atoms with Gasteiger partial charge in [0.1, 0.15) is 8.07 Å². The normalized spacial score (nSPS) is 14.3. The third-order valence-corrected chi connectivity index (χ3v) is 12.5. The molecule has 23 heavy (non-hydrogen) atoms. The Kier molecular flexibility index (Phi) is 5.41. The lowest BCUT2D eigenvalue weighted by molar-refractivity contribution is 0.549. The summed E-state index contributed by atoms with van der Waals surface area (Å²) in [6.07, 6.45) is 0. The maximum absolute atomic E-state index is 13.0. The molecule has 0 unspecified atom stereocenters. The van der Waals surface area contributed by atoms with E-state index in [1.165, 1.54) is 10.4 Å². The van der Waals surface area contributed by atoms with E-state index >= 15 is 0 Å². The summed E-state index contributed by atoms with van der Waals surface area (Å²) in [6.45, 7) is 28.2. The minimum absolute atomic E-state index is 0.0268. The highest BCUT2D eigenvalue weighted by Gasteiger charge is 2.41. The van der Waals surface area contributed by atoms with Crippen LogP contribution in [0.2, 0.25) is 78.6 Å². The van der Waals surface area contributed by atoms with Crippen molar-refractivity contribution in [3.05, 3.63) is 10.4 Å². The van der Waals surface area contributed by atoms with Gasteiger partial charge in [-0.3, -0.25) is 0 Å². The second-order valence-electron chi connectivity index (χ2n) is 10.8. The first-order valence-corrected chi connectivity index (χ1v) is 22.6. The predicted molar refractivity (Wildman–Crippen MR) is 117 cm³/mol. The lowest BCUT2D eigenvalue weighted by atomic mass is 10.5. The molecule has 1 aromatic rings. The van der Waals surface area contributed by atoms with Crippen LogP contribution in [0.25, 0.3) is 0 Å². The Balaban J connectivity index is 4.22. The Bertz CT molecular complexity index is 648. The zero-order valence-corrected chi connectivity index (χ0v) is 21.3. The molecule has 1 aromatic heterocycles. The molecule has 0 aliphatic carbocycles. The minimum Gasteiger partial charge on any atom is -0.434 e. The third kappa shape index (κ3) is 4.46. The Morgan fingerprint density at radius 3 is 1.13 bits per heavy atom. The molecule has 0 saturated heterocycles. The van der Waals surface area contributed by atoms with Gasteiger partial charge in [0, 0.05) is 5.19 Å². The molecule has 1 rings (SSSR count). The highest BCUT2D eigenvalue weighted by atomic mass is 28.3. The molecule has 0 fully saturated rings. The van der Waals surface area contributed by atoms with E-state index in [1.54, 1.807) is 0 Å². The molecule has 0 radical (unpaired) electrons. The van der Waals surface area contributed by atoms with Crippen LogP contribution in [0.1, 0.15) is 0 Å². The van der Waals surface area contributed by atoms with Crippen LogP contribution >= 0.6 is 0 Å². The van der Waals surface area contributed by atoms with Gasteiger partial charge >= 0.3 is 5.63 Å². The summed E-state index contributed by atoms with van der Waals surface area (Å²) in [7, 11) is -6.73. The van der Waals surface area contributed by atoms with E-state index in [2.05, 4.69) is 78.6 Å².